The molecule has 1 aliphatic carbocycles. The Labute approximate surface area is 132 Å². The van der Waals surface area contributed by atoms with Crippen LogP contribution >= 0.6 is 23.1 Å². The third kappa shape index (κ3) is 4.55. The van der Waals surface area contributed by atoms with Crippen molar-refractivity contribution >= 4 is 34.1 Å². The smallest absolute Gasteiger partial charge is 0.233 e. The number of nitrogens with zero attached hydrogens (tertiary/aromatic N) is 2. The molecule has 1 aromatic rings. The molecule has 0 radical (unpaired) electrons. The van der Waals surface area contributed by atoms with E-state index in [1.807, 2.05) is 6.92 Å². The third-order valence-corrected chi connectivity index (χ3v) is 5.52. The standard InChI is InChI=1S/C13H20N4O2S2/c1-8(11(18)14-7-10-3-2-6-19-10)20-13-17-16-12(21-13)15-9-4-5-9/h8-10H,2-7H2,1H3,(H,14,18)(H,15,16)/t8-,10-/m0/s1. The van der Waals surface area contributed by atoms with Gasteiger partial charge in [0, 0.05) is 19.2 Å². The van der Waals surface area contributed by atoms with Gasteiger partial charge in [-0.2, -0.15) is 0 Å². The fourth-order valence-corrected chi connectivity index (χ4v) is 4.08. The Balaban J connectivity index is 1.42. The van der Waals surface area contributed by atoms with E-state index >= 15 is 0 Å². The molecule has 0 aromatic carbocycles. The zero-order valence-corrected chi connectivity index (χ0v) is 13.6. The van der Waals surface area contributed by atoms with E-state index < -0.39 is 0 Å². The fourth-order valence-electron chi connectivity index (χ4n) is 2.09. The SMILES string of the molecule is C[C@H](Sc1nnc(NC2CC2)s1)C(=O)NC[C@@H]1CCCO1. The predicted molar refractivity (Wildman–Crippen MR) is 83.9 cm³/mol. The second-order valence-corrected chi connectivity index (χ2v) is 8.00. The summed E-state index contributed by atoms with van der Waals surface area (Å²) in [6, 6.07) is 0.572. The van der Waals surface area contributed by atoms with Gasteiger partial charge in [-0.3, -0.25) is 4.79 Å². The highest BCUT2D eigenvalue weighted by Gasteiger charge is 2.24. The molecule has 0 unspecified atom stereocenters. The van der Waals surface area contributed by atoms with Gasteiger partial charge in [0.25, 0.3) is 0 Å². The van der Waals surface area contributed by atoms with E-state index in [9.17, 15) is 4.79 Å². The van der Waals surface area contributed by atoms with Crippen LogP contribution in [-0.2, 0) is 9.53 Å². The summed E-state index contributed by atoms with van der Waals surface area (Å²) in [5, 5.41) is 15.2. The molecule has 2 atom stereocenters. The maximum atomic E-state index is 12.1. The Morgan fingerprint density at radius 1 is 1.48 bits per heavy atom. The average Bonchev–Trinajstić information content (AvgIpc) is 2.96. The van der Waals surface area contributed by atoms with E-state index in [2.05, 4.69) is 20.8 Å². The van der Waals surface area contributed by atoms with Gasteiger partial charge in [-0.15, -0.1) is 10.2 Å². The van der Waals surface area contributed by atoms with E-state index in [-0.39, 0.29) is 17.3 Å². The highest BCUT2D eigenvalue weighted by Crippen LogP contribution is 2.32. The van der Waals surface area contributed by atoms with E-state index in [1.54, 1.807) is 0 Å². The van der Waals surface area contributed by atoms with Crippen molar-refractivity contribution in [2.24, 2.45) is 0 Å². The molecule has 8 heteroatoms. The molecule has 1 aliphatic heterocycles. The lowest BCUT2D eigenvalue weighted by molar-refractivity contribution is -0.120. The van der Waals surface area contributed by atoms with Gasteiger partial charge in [0.15, 0.2) is 4.34 Å². The van der Waals surface area contributed by atoms with Gasteiger partial charge in [-0.05, 0) is 32.6 Å². The summed E-state index contributed by atoms with van der Waals surface area (Å²) in [5.74, 6) is 0.0300. The van der Waals surface area contributed by atoms with E-state index in [1.165, 1.54) is 35.9 Å². The lowest BCUT2D eigenvalue weighted by atomic mass is 10.2. The predicted octanol–water partition coefficient (Wildman–Crippen LogP) is 1.89. The van der Waals surface area contributed by atoms with Crippen LogP contribution in [0.15, 0.2) is 4.34 Å². The van der Waals surface area contributed by atoms with Gasteiger partial charge in [0.2, 0.25) is 11.0 Å². The summed E-state index contributed by atoms with van der Waals surface area (Å²) >= 11 is 2.97. The zero-order valence-electron chi connectivity index (χ0n) is 12.0. The van der Waals surface area contributed by atoms with Crippen LogP contribution in [-0.4, -0.2) is 46.7 Å². The number of ether oxygens (including phenoxy) is 1. The zero-order chi connectivity index (χ0) is 14.7. The molecular weight excluding hydrogens is 308 g/mol. The second-order valence-electron chi connectivity index (χ2n) is 5.43. The Morgan fingerprint density at radius 2 is 2.33 bits per heavy atom. The fraction of sp³-hybridized carbons (Fsp3) is 0.769. The van der Waals surface area contributed by atoms with Gasteiger partial charge in [-0.1, -0.05) is 23.1 Å². The monoisotopic (exact) mass is 328 g/mol. The number of rotatable bonds is 7. The topological polar surface area (TPSA) is 76.1 Å². The summed E-state index contributed by atoms with van der Waals surface area (Å²) in [4.78, 5) is 12.1. The minimum absolute atomic E-state index is 0.0300. The second kappa shape index (κ2) is 6.93. The average molecular weight is 328 g/mol. The first-order valence-electron chi connectivity index (χ1n) is 7.37. The molecule has 1 saturated heterocycles. The van der Waals surface area contributed by atoms with Crippen LogP contribution in [0.4, 0.5) is 5.13 Å². The quantitative estimate of drug-likeness (QED) is 0.745. The number of hydrogen-bond acceptors (Lipinski definition) is 7. The molecule has 2 fully saturated rings. The number of amides is 1. The van der Waals surface area contributed by atoms with Crippen LogP contribution in [0.5, 0.6) is 0 Å². The first kappa shape index (κ1) is 15.1. The molecule has 0 spiro atoms. The normalized spacial score (nSPS) is 23.0. The number of thioether (sulfide) groups is 1. The van der Waals surface area contributed by atoms with Crippen LogP contribution in [0.1, 0.15) is 32.6 Å². The minimum Gasteiger partial charge on any atom is -0.376 e. The number of carbonyl (C=O) groups is 1. The Morgan fingerprint density at radius 3 is 3.05 bits per heavy atom. The lowest BCUT2D eigenvalue weighted by Gasteiger charge is -2.13. The van der Waals surface area contributed by atoms with Crippen LogP contribution in [0, 0.1) is 0 Å². The number of anilines is 1. The highest BCUT2D eigenvalue weighted by molar-refractivity contribution is 8.02. The van der Waals surface area contributed by atoms with Crippen molar-refractivity contribution in [2.75, 3.05) is 18.5 Å². The largest absolute Gasteiger partial charge is 0.376 e. The van der Waals surface area contributed by atoms with Crippen molar-refractivity contribution in [1.29, 1.82) is 0 Å². The van der Waals surface area contributed by atoms with Crippen LogP contribution in [0.2, 0.25) is 0 Å². The van der Waals surface area contributed by atoms with Gasteiger partial charge >= 0.3 is 0 Å². The van der Waals surface area contributed by atoms with Crippen molar-refractivity contribution in [3.05, 3.63) is 0 Å². The molecule has 6 nitrogen and oxygen atoms in total. The molecule has 1 saturated carbocycles. The van der Waals surface area contributed by atoms with Crippen molar-refractivity contribution < 1.29 is 9.53 Å². The molecule has 21 heavy (non-hydrogen) atoms. The van der Waals surface area contributed by atoms with Gasteiger partial charge in [-0.25, -0.2) is 0 Å². The highest BCUT2D eigenvalue weighted by atomic mass is 32.2. The molecule has 3 rings (SSSR count). The molecule has 2 heterocycles. The van der Waals surface area contributed by atoms with Crippen molar-refractivity contribution in [2.45, 2.75) is 54.3 Å². The number of hydrogen-bond donors (Lipinski definition) is 2. The lowest BCUT2D eigenvalue weighted by Crippen LogP contribution is -2.36. The maximum Gasteiger partial charge on any atom is 0.233 e. The van der Waals surface area contributed by atoms with E-state index in [4.69, 9.17) is 4.74 Å². The Bertz CT molecular complexity index is 486. The van der Waals surface area contributed by atoms with Gasteiger partial charge in [0.05, 0.1) is 11.4 Å². The number of nitrogens with one attached hydrogen (secondary N) is 2. The number of carbonyl (C=O) groups excluding carboxylic acids is 1. The Kier molecular flexibility index (Phi) is 4.97. The van der Waals surface area contributed by atoms with Gasteiger partial charge < -0.3 is 15.4 Å². The minimum atomic E-state index is -0.173. The summed E-state index contributed by atoms with van der Waals surface area (Å²) in [6.07, 6.45) is 4.73. The van der Waals surface area contributed by atoms with Crippen LogP contribution in [0.3, 0.4) is 0 Å². The number of aromatic nitrogens is 2. The first-order chi connectivity index (χ1) is 10.2. The van der Waals surface area contributed by atoms with Crippen molar-refractivity contribution in [3.63, 3.8) is 0 Å². The van der Waals surface area contributed by atoms with E-state index in [0.717, 1.165) is 28.9 Å². The molecule has 116 valence electrons. The summed E-state index contributed by atoms with van der Waals surface area (Å²) in [6.45, 7) is 3.31. The van der Waals surface area contributed by atoms with Crippen LogP contribution in [0.25, 0.3) is 0 Å². The summed E-state index contributed by atoms with van der Waals surface area (Å²) < 4.78 is 6.33. The van der Waals surface area contributed by atoms with Crippen LogP contribution < -0.4 is 10.6 Å². The molecule has 1 amide bonds. The van der Waals surface area contributed by atoms with Gasteiger partial charge in [0.1, 0.15) is 0 Å². The molecule has 2 aliphatic rings. The third-order valence-electron chi connectivity index (χ3n) is 3.49. The Hall–Kier alpha value is -0.860. The first-order valence-corrected chi connectivity index (χ1v) is 9.06. The molecule has 2 N–H and O–H groups in total. The van der Waals surface area contributed by atoms with Crippen molar-refractivity contribution in [1.82, 2.24) is 15.5 Å². The van der Waals surface area contributed by atoms with E-state index in [0.29, 0.717) is 12.6 Å². The molecule has 0 bridgehead atoms. The summed E-state index contributed by atoms with van der Waals surface area (Å²) in [5.41, 5.74) is 0. The maximum absolute atomic E-state index is 12.1. The molecule has 1 aromatic heterocycles. The molecular formula is C13H20N4O2S2. The summed E-state index contributed by atoms with van der Waals surface area (Å²) in [7, 11) is 0. The van der Waals surface area contributed by atoms with Crippen molar-refractivity contribution in [3.8, 4) is 0 Å².